The molecule has 23 heteroatoms. The van der Waals surface area contributed by atoms with E-state index in [4.69, 9.17) is 10.2 Å². The quantitative estimate of drug-likeness (QED) is 0.0300. The molecule has 2 saturated heterocycles. The molecule has 0 radical (unpaired) electrons. The molecule has 3 rings (SSSR count). The van der Waals surface area contributed by atoms with Crippen LogP contribution < -0.4 is 37.0 Å². The Morgan fingerprint density at radius 1 is 0.810 bits per heavy atom. The molecule has 21 nitrogen and oxygen atoms in total. The third kappa shape index (κ3) is 23.5. The van der Waals surface area contributed by atoms with Gasteiger partial charge in [-0.1, -0.05) is 51.2 Å². The number of unbranched alkanes of at least 4 members (excludes halogenated alkanes) is 6. The summed E-state index contributed by atoms with van der Waals surface area (Å²) in [6.07, 6.45) is 9.84. The Balaban J connectivity index is 0.000000517. The second-order valence-corrected chi connectivity index (χ2v) is 18.0. The van der Waals surface area contributed by atoms with E-state index in [0.717, 1.165) is 50.8 Å². The van der Waals surface area contributed by atoms with Gasteiger partial charge in [-0.15, -0.1) is 0 Å². The van der Waals surface area contributed by atoms with Crippen molar-refractivity contribution >= 4 is 67.1 Å². The highest BCUT2D eigenvalue weighted by Gasteiger charge is 2.42. The Kier molecular flexibility index (Phi) is 25.5. The van der Waals surface area contributed by atoms with E-state index in [9.17, 15) is 52.9 Å². The molecular weight excluding hydrogens is 866 g/mol. The van der Waals surface area contributed by atoms with Gasteiger partial charge in [0.25, 0.3) is 5.91 Å². The molecule has 2 aliphatic rings. The van der Waals surface area contributed by atoms with Gasteiger partial charge in [-0.25, -0.2) is 19.2 Å². The fourth-order valence-electron chi connectivity index (χ4n) is 6.39. The summed E-state index contributed by atoms with van der Waals surface area (Å²) in [7, 11) is -4.90. The fraction of sp³-hybridized carbons (Fsp3) is 0.650. The van der Waals surface area contributed by atoms with Crippen molar-refractivity contribution in [2.75, 3.05) is 25.4 Å². The minimum Gasteiger partial charge on any atom is -0.481 e. The number of carboxylic acid groups (broad SMARTS) is 3. The maximum Gasteiger partial charge on any atom is 0.403 e. The van der Waals surface area contributed by atoms with Crippen molar-refractivity contribution in [3.63, 3.8) is 0 Å². The van der Waals surface area contributed by atoms with E-state index in [-0.39, 0.29) is 41.9 Å². The van der Waals surface area contributed by atoms with Gasteiger partial charge in [0.15, 0.2) is 6.04 Å². The molecule has 2 aliphatic heterocycles. The number of carbonyl (C=O) groups excluding carboxylic acids is 5. The molecule has 354 valence electrons. The Morgan fingerprint density at radius 2 is 1.43 bits per heavy atom. The maximum atomic E-state index is 12.5. The molecule has 6 atom stereocenters. The zero-order valence-corrected chi connectivity index (χ0v) is 37.6. The van der Waals surface area contributed by atoms with Crippen molar-refractivity contribution in [1.82, 2.24) is 37.0 Å². The number of amides is 6. The van der Waals surface area contributed by atoms with E-state index in [1.165, 1.54) is 38.3 Å². The minimum atomic E-state index is -4.90. The van der Waals surface area contributed by atoms with Crippen LogP contribution in [0.15, 0.2) is 24.3 Å². The van der Waals surface area contributed by atoms with Gasteiger partial charge in [0.2, 0.25) is 17.7 Å². The standard InChI is InChI=1S/C24H35N4O12P.C16H29N3O2S/c1-15(29)25-12-4-2-3-5-20(30)26-13-16-6-8-17(9-7-16)22(33)27-19(24(36)37)14-40-41(38,39)28-18(23(34)35)10-11-21(31)32;1-2-3-4-7-10-17-14(20)9-6-5-8-13-15-12(11-22-13)18-16(21)19-15/h6-9,18-19H,2-5,10-14H2,1H3,(H,25,29)(H,26,30)(H,27,33)(H,31,32)(H,34,35)(H,36,37)(H2,28,38,39);12-13,15H,2-11H2,1H3,(H,17,20)(H2,18,19,21)/t18-,19-;/m0./s1. The number of hydrogen-bond acceptors (Lipinski definition) is 11. The summed E-state index contributed by atoms with van der Waals surface area (Å²) in [6, 6.07) is 2.87. The lowest BCUT2D eigenvalue weighted by molar-refractivity contribution is -0.142. The summed E-state index contributed by atoms with van der Waals surface area (Å²) in [4.78, 5) is 102. The molecule has 63 heavy (non-hydrogen) atoms. The third-order valence-corrected chi connectivity index (χ3v) is 12.5. The fourth-order valence-corrected chi connectivity index (χ4v) is 9.00. The van der Waals surface area contributed by atoms with Crippen molar-refractivity contribution in [2.24, 2.45) is 0 Å². The van der Waals surface area contributed by atoms with E-state index < -0.39 is 63.1 Å². The van der Waals surface area contributed by atoms with Crippen LogP contribution >= 0.6 is 19.5 Å². The van der Waals surface area contributed by atoms with E-state index in [1.807, 2.05) is 11.8 Å². The number of carbonyl (C=O) groups is 8. The number of hydrogen-bond donors (Lipinski definition) is 11. The summed E-state index contributed by atoms with van der Waals surface area (Å²) in [5.74, 6) is -4.48. The van der Waals surface area contributed by atoms with Gasteiger partial charge < -0.3 is 52.1 Å². The van der Waals surface area contributed by atoms with Gasteiger partial charge in [-0.05, 0) is 56.2 Å². The Morgan fingerprint density at radius 3 is 2.05 bits per heavy atom. The molecule has 4 unspecified atom stereocenters. The summed E-state index contributed by atoms with van der Waals surface area (Å²) in [5.41, 5.74) is 0.720. The van der Waals surface area contributed by atoms with Crippen molar-refractivity contribution in [3.8, 4) is 0 Å². The van der Waals surface area contributed by atoms with Crippen molar-refractivity contribution in [1.29, 1.82) is 0 Å². The molecule has 1 aromatic rings. The van der Waals surface area contributed by atoms with Gasteiger partial charge in [-0.2, -0.15) is 11.8 Å². The van der Waals surface area contributed by atoms with Gasteiger partial charge in [-0.3, -0.25) is 33.3 Å². The van der Waals surface area contributed by atoms with Crippen molar-refractivity contribution < 1.29 is 67.7 Å². The first-order valence-electron chi connectivity index (χ1n) is 21.2. The first kappa shape index (κ1) is 54.4. The Labute approximate surface area is 371 Å². The average molecular weight is 930 g/mol. The van der Waals surface area contributed by atoms with Crippen LogP contribution in [0, 0.1) is 0 Å². The lowest BCUT2D eigenvalue weighted by Crippen LogP contribution is -2.44. The zero-order valence-electron chi connectivity index (χ0n) is 35.9. The normalized spacial score (nSPS) is 18.1. The average Bonchev–Trinajstić information content (AvgIpc) is 3.78. The largest absolute Gasteiger partial charge is 0.481 e. The molecule has 0 spiro atoms. The van der Waals surface area contributed by atoms with Gasteiger partial charge in [0.05, 0.1) is 18.7 Å². The van der Waals surface area contributed by atoms with Crippen molar-refractivity contribution in [2.45, 2.75) is 140 Å². The Bertz CT molecular complexity index is 1720. The summed E-state index contributed by atoms with van der Waals surface area (Å²) >= 11 is 1.94. The first-order valence-corrected chi connectivity index (χ1v) is 23.8. The van der Waals surface area contributed by atoms with E-state index in [2.05, 4.69) is 43.3 Å². The number of urea groups is 1. The van der Waals surface area contributed by atoms with Gasteiger partial charge in [0, 0.05) is 62.4 Å². The molecule has 2 fully saturated rings. The van der Waals surface area contributed by atoms with Crippen LogP contribution in [0.2, 0.25) is 0 Å². The number of nitrogens with one attached hydrogen (secondary N) is 7. The van der Waals surface area contributed by atoms with E-state index in [0.29, 0.717) is 42.7 Å². The van der Waals surface area contributed by atoms with Gasteiger partial charge in [0.1, 0.15) is 6.04 Å². The van der Waals surface area contributed by atoms with E-state index in [1.54, 1.807) is 17.2 Å². The van der Waals surface area contributed by atoms with Crippen LogP contribution in [0.1, 0.15) is 120 Å². The topological polar surface area (TPSA) is 328 Å². The second kappa shape index (κ2) is 29.6. The number of thioether (sulfide) groups is 1. The SMILES string of the molecule is CC(=O)NCCCCCC(=O)NCc1ccc(C(=O)N[C@@H](COP(=O)(O)N[C@@H](CCC(=O)O)C(=O)O)C(=O)O)cc1.CCCCCCNC(=O)CCCCC1SCC2NC(=O)NC21. The molecule has 0 aromatic heterocycles. The molecule has 1 aromatic carbocycles. The molecule has 0 aliphatic carbocycles. The summed E-state index contributed by atoms with van der Waals surface area (Å²) in [5, 5.41) is 45.9. The predicted octanol–water partition coefficient (Wildman–Crippen LogP) is 2.62. The molecule has 2 heterocycles. The smallest absolute Gasteiger partial charge is 0.403 e. The van der Waals surface area contributed by atoms with Crippen LogP contribution in [-0.2, 0) is 44.4 Å². The maximum absolute atomic E-state index is 12.5. The van der Waals surface area contributed by atoms with E-state index >= 15 is 0 Å². The number of benzene rings is 1. The van der Waals surface area contributed by atoms with Crippen molar-refractivity contribution in [3.05, 3.63) is 35.4 Å². The summed E-state index contributed by atoms with van der Waals surface area (Å²) in [6.45, 7) is 4.18. The monoisotopic (exact) mass is 929 g/mol. The zero-order chi connectivity index (χ0) is 46.8. The predicted molar refractivity (Wildman–Crippen MR) is 233 cm³/mol. The third-order valence-electron chi connectivity index (χ3n) is 9.88. The molecular formula is C40H64N7O14PS. The highest BCUT2D eigenvalue weighted by molar-refractivity contribution is 8.00. The number of carboxylic acids is 3. The lowest BCUT2D eigenvalue weighted by Gasteiger charge is -2.21. The molecule has 11 N–H and O–H groups in total. The molecule has 6 amide bonds. The van der Waals surface area contributed by atoms with Crippen LogP contribution in [-0.4, -0.2) is 123 Å². The van der Waals surface area contributed by atoms with Crippen LogP contribution in [0.25, 0.3) is 0 Å². The highest BCUT2D eigenvalue weighted by Crippen LogP contribution is 2.38. The second-order valence-electron chi connectivity index (χ2n) is 15.2. The highest BCUT2D eigenvalue weighted by atomic mass is 32.2. The molecule has 0 bridgehead atoms. The minimum absolute atomic E-state index is 0.0252. The van der Waals surface area contributed by atoms with Gasteiger partial charge >= 0.3 is 31.7 Å². The number of rotatable bonds is 30. The van der Waals surface area contributed by atoms with Crippen LogP contribution in [0.3, 0.4) is 0 Å². The van der Waals surface area contributed by atoms with Crippen LogP contribution in [0.5, 0.6) is 0 Å². The summed E-state index contributed by atoms with van der Waals surface area (Å²) < 4.78 is 16.8. The van der Waals surface area contributed by atoms with Crippen LogP contribution in [0.4, 0.5) is 4.79 Å². The molecule has 0 saturated carbocycles. The first-order chi connectivity index (χ1) is 29.9. The number of aliphatic carboxylic acids is 3. The lowest BCUT2D eigenvalue weighted by atomic mass is 10.0. The Hall–Kier alpha value is -4.76. The number of fused-ring (bicyclic) bond motifs is 1.